The fourth-order valence-electron chi connectivity index (χ4n) is 2.11. The van der Waals surface area contributed by atoms with E-state index < -0.39 is 5.25 Å². The normalized spacial score (nSPS) is 11.6. The van der Waals surface area contributed by atoms with Crippen molar-refractivity contribution in [3.8, 4) is 17.5 Å². The molecule has 0 aliphatic rings. The minimum Gasteiger partial charge on any atom is -0.411 e. The van der Waals surface area contributed by atoms with Gasteiger partial charge in [-0.05, 0) is 43.3 Å². The number of amides is 1. The number of benzene rings is 2. The summed E-state index contributed by atoms with van der Waals surface area (Å²) in [6.45, 7) is 1.75. The lowest BCUT2D eigenvalue weighted by atomic mass is 10.2. The first-order chi connectivity index (χ1) is 12.5. The van der Waals surface area contributed by atoms with E-state index in [-0.39, 0.29) is 5.91 Å². The predicted octanol–water partition coefficient (Wildman–Crippen LogP) is 4.49. The molecule has 1 unspecified atom stereocenters. The highest BCUT2D eigenvalue weighted by atomic mass is 79.9. The number of hydrogen-bond donors (Lipinski definition) is 1. The molecule has 0 spiro atoms. The Labute approximate surface area is 162 Å². The fraction of sp³-hybridized carbons (Fsp3) is 0.111. The molecular formula is C18H13BrN4O2S. The SMILES string of the molecule is CC(Sc1nnc(-c2cccc(Br)c2)o1)C(=O)Nc1cccc(C#N)c1. The van der Waals surface area contributed by atoms with Gasteiger partial charge in [0.1, 0.15) is 0 Å². The second kappa shape index (κ2) is 8.17. The lowest BCUT2D eigenvalue weighted by molar-refractivity contribution is -0.115. The molecule has 8 heteroatoms. The fourth-order valence-corrected chi connectivity index (χ4v) is 3.19. The Balaban J connectivity index is 1.65. The number of nitriles is 1. The van der Waals surface area contributed by atoms with Gasteiger partial charge in [-0.25, -0.2) is 0 Å². The lowest BCUT2D eigenvalue weighted by Crippen LogP contribution is -2.22. The van der Waals surface area contributed by atoms with Gasteiger partial charge in [0, 0.05) is 15.7 Å². The standard InChI is InChI=1S/C18H13BrN4O2S/c1-11(16(24)21-15-7-2-4-12(8-15)10-20)26-18-23-22-17(25-18)13-5-3-6-14(19)9-13/h2-9,11H,1H3,(H,21,24). The second-order valence-corrected chi connectivity index (χ2v) is 7.53. The molecule has 0 radical (unpaired) electrons. The van der Waals surface area contributed by atoms with E-state index in [0.29, 0.717) is 22.4 Å². The summed E-state index contributed by atoms with van der Waals surface area (Å²) in [6.07, 6.45) is 0. The van der Waals surface area contributed by atoms with Crippen LogP contribution in [-0.2, 0) is 4.79 Å². The first-order valence-corrected chi connectivity index (χ1v) is 9.29. The molecule has 6 nitrogen and oxygen atoms in total. The molecule has 0 bridgehead atoms. The number of thioether (sulfide) groups is 1. The summed E-state index contributed by atoms with van der Waals surface area (Å²) in [6, 6.07) is 16.3. The van der Waals surface area contributed by atoms with Crippen molar-refractivity contribution in [2.45, 2.75) is 17.4 Å². The van der Waals surface area contributed by atoms with Gasteiger partial charge in [-0.15, -0.1) is 10.2 Å². The number of aromatic nitrogens is 2. The summed E-state index contributed by atoms with van der Waals surface area (Å²) >= 11 is 4.57. The monoisotopic (exact) mass is 428 g/mol. The van der Waals surface area contributed by atoms with Gasteiger partial charge in [-0.3, -0.25) is 4.79 Å². The van der Waals surface area contributed by atoms with Crippen LogP contribution in [0.4, 0.5) is 5.69 Å². The third kappa shape index (κ3) is 4.50. The summed E-state index contributed by atoms with van der Waals surface area (Å²) in [5.41, 5.74) is 1.85. The number of rotatable bonds is 5. The maximum atomic E-state index is 12.3. The van der Waals surface area contributed by atoms with Crippen LogP contribution in [0.5, 0.6) is 0 Å². The molecule has 1 atom stereocenters. The number of hydrogen-bond acceptors (Lipinski definition) is 6. The van der Waals surface area contributed by atoms with E-state index in [2.05, 4.69) is 31.4 Å². The number of carbonyl (C=O) groups excluding carboxylic acids is 1. The zero-order valence-corrected chi connectivity index (χ0v) is 16.0. The quantitative estimate of drug-likeness (QED) is 0.601. The van der Waals surface area contributed by atoms with Crippen LogP contribution in [0.15, 0.2) is 62.6 Å². The van der Waals surface area contributed by atoms with E-state index in [1.807, 2.05) is 30.3 Å². The number of nitrogens with zero attached hydrogens (tertiary/aromatic N) is 3. The Morgan fingerprint density at radius 1 is 1.27 bits per heavy atom. The zero-order valence-electron chi connectivity index (χ0n) is 13.6. The predicted molar refractivity (Wildman–Crippen MR) is 103 cm³/mol. The van der Waals surface area contributed by atoms with E-state index in [1.165, 1.54) is 11.8 Å². The van der Waals surface area contributed by atoms with Crippen molar-refractivity contribution in [3.63, 3.8) is 0 Å². The van der Waals surface area contributed by atoms with Gasteiger partial charge in [0.15, 0.2) is 0 Å². The number of carbonyl (C=O) groups is 1. The first-order valence-electron chi connectivity index (χ1n) is 7.62. The molecule has 26 heavy (non-hydrogen) atoms. The first kappa shape index (κ1) is 18.2. The van der Waals surface area contributed by atoms with Crippen LogP contribution in [0.3, 0.4) is 0 Å². The highest BCUT2D eigenvalue weighted by molar-refractivity contribution is 9.10. The van der Waals surface area contributed by atoms with Gasteiger partial charge < -0.3 is 9.73 Å². The lowest BCUT2D eigenvalue weighted by Gasteiger charge is -2.09. The van der Waals surface area contributed by atoms with Crippen LogP contribution >= 0.6 is 27.7 Å². The van der Waals surface area contributed by atoms with Gasteiger partial charge in [0.25, 0.3) is 5.22 Å². The minimum atomic E-state index is -0.448. The smallest absolute Gasteiger partial charge is 0.277 e. The Bertz CT molecular complexity index is 983. The Morgan fingerprint density at radius 2 is 2.08 bits per heavy atom. The largest absolute Gasteiger partial charge is 0.411 e. The molecule has 0 fully saturated rings. The van der Waals surface area contributed by atoms with Crippen molar-refractivity contribution < 1.29 is 9.21 Å². The minimum absolute atomic E-state index is 0.215. The second-order valence-electron chi connectivity index (χ2n) is 5.33. The van der Waals surface area contributed by atoms with Crippen LogP contribution in [0.2, 0.25) is 0 Å². The van der Waals surface area contributed by atoms with E-state index in [9.17, 15) is 4.79 Å². The van der Waals surface area contributed by atoms with Crippen molar-refractivity contribution in [1.29, 1.82) is 5.26 Å². The molecule has 0 saturated heterocycles. The average Bonchev–Trinajstić information content (AvgIpc) is 3.10. The van der Waals surface area contributed by atoms with Crippen LogP contribution in [0, 0.1) is 11.3 Å². The molecule has 1 N–H and O–H groups in total. The maximum Gasteiger partial charge on any atom is 0.277 e. The van der Waals surface area contributed by atoms with Crippen LogP contribution in [0.1, 0.15) is 12.5 Å². The molecule has 2 aromatic carbocycles. The van der Waals surface area contributed by atoms with Crippen molar-refractivity contribution in [2.24, 2.45) is 0 Å². The molecule has 130 valence electrons. The van der Waals surface area contributed by atoms with Gasteiger partial charge in [0.05, 0.1) is 16.9 Å². The van der Waals surface area contributed by atoms with Crippen molar-refractivity contribution in [3.05, 3.63) is 58.6 Å². The molecule has 3 rings (SSSR count). The molecule has 0 saturated carbocycles. The van der Waals surface area contributed by atoms with Gasteiger partial charge in [0.2, 0.25) is 11.8 Å². The number of anilines is 1. The van der Waals surface area contributed by atoms with Crippen molar-refractivity contribution in [1.82, 2.24) is 10.2 Å². The summed E-state index contributed by atoms with van der Waals surface area (Å²) in [5, 5.41) is 19.6. The van der Waals surface area contributed by atoms with Crippen LogP contribution in [0.25, 0.3) is 11.5 Å². The molecule has 1 aromatic heterocycles. The molecule has 3 aromatic rings. The van der Waals surface area contributed by atoms with E-state index in [4.69, 9.17) is 9.68 Å². The maximum absolute atomic E-state index is 12.3. The zero-order chi connectivity index (χ0) is 18.5. The molecule has 1 heterocycles. The Kier molecular flexibility index (Phi) is 5.71. The topological polar surface area (TPSA) is 91.8 Å². The third-order valence-corrected chi connectivity index (χ3v) is 4.81. The summed E-state index contributed by atoms with van der Waals surface area (Å²) < 4.78 is 6.54. The van der Waals surface area contributed by atoms with Gasteiger partial charge >= 0.3 is 0 Å². The molecular weight excluding hydrogens is 416 g/mol. The molecule has 1 amide bonds. The summed E-state index contributed by atoms with van der Waals surface area (Å²) in [5.74, 6) is 0.176. The van der Waals surface area contributed by atoms with Gasteiger partial charge in [-0.2, -0.15) is 5.26 Å². The van der Waals surface area contributed by atoms with E-state index >= 15 is 0 Å². The van der Waals surface area contributed by atoms with Crippen LogP contribution < -0.4 is 5.32 Å². The Hall–Kier alpha value is -2.63. The van der Waals surface area contributed by atoms with E-state index in [1.54, 1.807) is 31.2 Å². The van der Waals surface area contributed by atoms with Crippen LogP contribution in [-0.4, -0.2) is 21.4 Å². The average molecular weight is 429 g/mol. The Morgan fingerprint density at radius 3 is 2.85 bits per heavy atom. The number of nitrogens with one attached hydrogen (secondary N) is 1. The van der Waals surface area contributed by atoms with Crippen molar-refractivity contribution >= 4 is 39.3 Å². The highest BCUT2D eigenvalue weighted by Crippen LogP contribution is 2.28. The van der Waals surface area contributed by atoms with E-state index in [0.717, 1.165) is 10.0 Å². The highest BCUT2D eigenvalue weighted by Gasteiger charge is 2.19. The molecule has 0 aliphatic carbocycles. The third-order valence-electron chi connectivity index (χ3n) is 3.38. The van der Waals surface area contributed by atoms with Crippen molar-refractivity contribution in [2.75, 3.05) is 5.32 Å². The summed E-state index contributed by atoms with van der Waals surface area (Å²) in [4.78, 5) is 12.3. The van der Waals surface area contributed by atoms with Gasteiger partial charge in [-0.1, -0.05) is 39.8 Å². The summed E-state index contributed by atoms with van der Waals surface area (Å²) in [7, 11) is 0. The number of halogens is 1. The molecule has 0 aliphatic heterocycles.